The average molecular weight is 349 g/mol. The molecule has 2 fully saturated rings. The molecule has 1 saturated heterocycles. The predicted molar refractivity (Wildman–Crippen MR) is 101 cm³/mol. The molecular formula is C19H23N7. The fourth-order valence-electron chi connectivity index (χ4n) is 4.11. The maximum Gasteiger partial charge on any atom is 0.156 e. The minimum absolute atomic E-state index is 0.538. The summed E-state index contributed by atoms with van der Waals surface area (Å²) in [6, 6.07) is 5.31. The van der Waals surface area contributed by atoms with Crippen molar-refractivity contribution in [2.45, 2.75) is 44.7 Å². The summed E-state index contributed by atoms with van der Waals surface area (Å²) in [6.45, 7) is 4.07. The number of nitrogens with one attached hydrogen (secondary N) is 1. The number of hydrogen-bond acceptors (Lipinski definition) is 6. The summed E-state index contributed by atoms with van der Waals surface area (Å²) in [5.74, 6) is 2.10. The topological polar surface area (TPSA) is 73.8 Å². The minimum atomic E-state index is 0.538. The van der Waals surface area contributed by atoms with E-state index < -0.39 is 0 Å². The lowest BCUT2D eigenvalue weighted by Crippen LogP contribution is -2.46. The molecule has 0 atom stereocenters. The van der Waals surface area contributed by atoms with Gasteiger partial charge in [-0.2, -0.15) is 0 Å². The van der Waals surface area contributed by atoms with Crippen molar-refractivity contribution >= 4 is 22.7 Å². The summed E-state index contributed by atoms with van der Waals surface area (Å²) in [6.07, 6.45) is 9.96. The third-order valence-electron chi connectivity index (χ3n) is 5.46. The van der Waals surface area contributed by atoms with E-state index in [0.29, 0.717) is 12.1 Å². The third-order valence-corrected chi connectivity index (χ3v) is 5.46. The number of nitrogens with zero attached hydrogens (tertiary/aromatic N) is 6. The lowest BCUT2D eigenvalue weighted by molar-refractivity contribution is 0.458. The molecule has 4 heterocycles. The minimum Gasteiger partial charge on any atom is -0.355 e. The van der Waals surface area contributed by atoms with E-state index in [2.05, 4.69) is 47.7 Å². The van der Waals surface area contributed by atoms with Gasteiger partial charge in [-0.3, -0.25) is 0 Å². The van der Waals surface area contributed by atoms with Crippen LogP contribution in [0, 0.1) is 6.92 Å². The molecule has 1 aliphatic carbocycles. The van der Waals surface area contributed by atoms with Crippen molar-refractivity contribution in [3.8, 4) is 0 Å². The van der Waals surface area contributed by atoms with Gasteiger partial charge in [-0.15, -0.1) is 0 Å². The highest BCUT2D eigenvalue weighted by Crippen LogP contribution is 2.36. The van der Waals surface area contributed by atoms with Crippen LogP contribution in [0.4, 0.5) is 11.6 Å². The van der Waals surface area contributed by atoms with Gasteiger partial charge >= 0.3 is 0 Å². The van der Waals surface area contributed by atoms with Gasteiger partial charge < -0.3 is 14.8 Å². The summed E-state index contributed by atoms with van der Waals surface area (Å²) in [5.41, 5.74) is 3.17. The average Bonchev–Trinajstić information content (AvgIpc) is 3.42. The molecular weight excluding hydrogens is 326 g/mol. The second kappa shape index (κ2) is 6.23. The van der Waals surface area contributed by atoms with Gasteiger partial charge in [0.05, 0.1) is 5.52 Å². The zero-order chi connectivity index (χ0) is 17.5. The lowest BCUT2D eigenvalue weighted by atomic mass is 10.0. The normalized spacial score (nSPS) is 18.4. The SMILES string of the molecule is Cc1cc2ncnc(N3CCC(N(c4ccncn4)C4CC4)CC3)c2[nH]1. The van der Waals surface area contributed by atoms with Crippen molar-refractivity contribution in [1.82, 2.24) is 24.9 Å². The molecule has 0 aromatic carbocycles. The Morgan fingerprint density at radius 2 is 1.85 bits per heavy atom. The maximum absolute atomic E-state index is 4.57. The zero-order valence-corrected chi connectivity index (χ0v) is 15.0. The number of rotatable bonds is 4. The number of aryl methyl sites for hydroxylation is 1. The summed E-state index contributed by atoms with van der Waals surface area (Å²) >= 11 is 0. The van der Waals surface area contributed by atoms with Gasteiger partial charge in [-0.25, -0.2) is 19.9 Å². The quantitative estimate of drug-likeness (QED) is 0.781. The van der Waals surface area contributed by atoms with Crippen molar-refractivity contribution in [3.63, 3.8) is 0 Å². The van der Waals surface area contributed by atoms with Crippen LogP contribution in [-0.4, -0.2) is 50.1 Å². The van der Waals surface area contributed by atoms with Crippen LogP contribution in [-0.2, 0) is 0 Å². The molecule has 1 saturated carbocycles. The van der Waals surface area contributed by atoms with Gasteiger partial charge in [0.15, 0.2) is 5.82 Å². The van der Waals surface area contributed by atoms with Crippen LogP contribution in [0.25, 0.3) is 11.0 Å². The Kier molecular flexibility index (Phi) is 3.72. The molecule has 5 rings (SSSR count). The number of aromatic amines is 1. The van der Waals surface area contributed by atoms with Crippen LogP contribution in [0.3, 0.4) is 0 Å². The van der Waals surface area contributed by atoms with Crippen LogP contribution in [0.5, 0.6) is 0 Å². The molecule has 1 aliphatic heterocycles. The van der Waals surface area contributed by atoms with Crippen molar-refractivity contribution in [1.29, 1.82) is 0 Å². The van der Waals surface area contributed by atoms with Gasteiger partial charge in [0.25, 0.3) is 0 Å². The second-order valence-corrected chi connectivity index (χ2v) is 7.33. The Morgan fingerprint density at radius 3 is 2.58 bits per heavy atom. The summed E-state index contributed by atoms with van der Waals surface area (Å²) < 4.78 is 0. The Bertz CT molecular complexity index is 895. The molecule has 3 aromatic heterocycles. The van der Waals surface area contributed by atoms with Gasteiger partial charge in [-0.1, -0.05) is 0 Å². The summed E-state index contributed by atoms with van der Waals surface area (Å²) in [4.78, 5) is 25.9. The van der Waals surface area contributed by atoms with Gasteiger partial charge in [0, 0.05) is 37.1 Å². The number of H-pyrrole nitrogens is 1. The molecule has 0 amide bonds. The van der Waals surface area contributed by atoms with E-state index >= 15 is 0 Å². The highest BCUT2D eigenvalue weighted by atomic mass is 15.3. The van der Waals surface area contributed by atoms with Crippen LogP contribution >= 0.6 is 0 Å². The third kappa shape index (κ3) is 2.77. The van der Waals surface area contributed by atoms with Gasteiger partial charge in [0.1, 0.15) is 24.0 Å². The first-order valence-corrected chi connectivity index (χ1v) is 9.39. The predicted octanol–water partition coefficient (Wildman–Crippen LogP) is 2.69. The number of fused-ring (bicyclic) bond motifs is 1. The van der Waals surface area contributed by atoms with E-state index in [-0.39, 0.29) is 0 Å². The first-order valence-electron chi connectivity index (χ1n) is 9.39. The second-order valence-electron chi connectivity index (χ2n) is 7.33. The molecule has 0 bridgehead atoms. The highest BCUT2D eigenvalue weighted by Gasteiger charge is 2.36. The Balaban J connectivity index is 1.35. The van der Waals surface area contributed by atoms with Crippen LogP contribution in [0.2, 0.25) is 0 Å². The molecule has 0 spiro atoms. The molecule has 3 aromatic rings. The van der Waals surface area contributed by atoms with Crippen molar-refractivity contribution < 1.29 is 0 Å². The molecule has 0 radical (unpaired) electrons. The van der Waals surface area contributed by atoms with Crippen molar-refractivity contribution in [2.24, 2.45) is 0 Å². The first-order chi connectivity index (χ1) is 12.8. The number of piperidine rings is 1. The highest BCUT2D eigenvalue weighted by molar-refractivity contribution is 5.86. The molecule has 0 unspecified atom stereocenters. The van der Waals surface area contributed by atoms with E-state index in [1.165, 1.54) is 12.8 Å². The molecule has 7 nitrogen and oxygen atoms in total. The van der Waals surface area contributed by atoms with E-state index in [4.69, 9.17) is 0 Å². The largest absolute Gasteiger partial charge is 0.355 e. The van der Waals surface area contributed by atoms with Crippen LogP contribution < -0.4 is 9.80 Å². The fraction of sp³-hybridized carbons (Fsp3) is 0.474. The smallest absolute Gasteiger partial charge is 0.156 e. The molecule has 134 valence electrons. The van der Waals surface area contributed by atoms with Crippen LogP contribution in [0.15, 0.2) is 31.0 Å². The van der Waals surface area contributed by atoms with E-state index in [9.17, 15) is 0 Å². The van der Waals surface area contributed by atoms with Gasteiger partial charge in [0.2, 0.25) is 0 Å². The fourth-order valence-corrected chi connectivity index (χ4v) is 4.11. The van der Waals surface area contributed by atoms with Crippen molar-refractivity contribution in [2.75, 3.05) is 22.9 Å². The van der Waals surface area contributed by atoms with Gasteiger partial charge in [-0.05, 0) is 44.7 Å². The summed E-state index contributed by atoms with van der Waals surface area (Å²) in [5, 5.41) is 0. The lowest BCUT2D eigenvalue weighted by Gasteiger charge is -2.39. The molecule has 26 heavy (non-hydrogen) atoms. The van der Waals surface area contributed by atoms with E-state index in [1.807, 2.05) is 12.3 Å². The molecule has 2 aliphatic rings. The Labute approximate surface area is 152 Å². The number of anilines is 2. The Hall–Kier alpha value is -2.70. The monoisotopic (exact) mass is 349 g/mol. The number of aromatic nitrogens is 5. The van der Waals surface area contributed by atoms with E-state index in [1.54, 1.807) is 12.7 Å². The Morgan fingerprint density at radius 1 is 1.04 bits per heavy atom. The molecule has 1 N–H and O–H groups in total. The zero-order valence-electron chi connectivity index (χ0n) is 15.0. The summed E-state index contributed by atoms with van der Waals surface area (Å²) in [7, 11) is 0. The van der Waals surface area contributed by atoms with Crippen LogP contribution in [0.1, 0.15) is 31.4 Å². The standard InChI is InChI=1S/C19H23N7/c1-13-10-16-18(24-13)19(23-12-21-16)25-8-5-15(6-9-25)26(14-2-3-14)17-4-7-20-11-22-17/h4,7,10-12,14-15,24H,2-3,5-6,8-9H2,1H3. The number of hydrogen-bond donors (Lipinski definition) is 1. The maximum atomic E-state index is 4.57. The first kappa shape index (κ1) is 15.5. The molecule has 7 heteroatoms. The van der Waals surface area contributed by atoms with E-state index in [0.717, 1.165) is 54.3 Å². The van der Waals surface area contributed by atoms with Crippen molar-refractivity contribution in [3.05, 3.63) is 36.7 Å².